The van der Waals surface area contributed by atoms with Gasteiger partial charge in [-0.1, -0.05) is 24.3 Å². The fraction of sp³-hybridized carbons (Fsp3) is 0.526. The number of ether oxygens (including phenoxy) is 1. The van der Waals surface area contributed by atoms with Crippen molar-refractivity contribution in [2.24, 2.45) is 11.3 Å². The van der Waals surface area contributed by atoms with Crippen LogP contribution >= 0.6 is 0 Å². The number of rotatable bonds is 9. The first-order valence-corrected chi connectivity index (χ1v) is 17.0. The van der Waals surface area contributed by atoms with Gasteiger partial charge in [-0.2, -0.15) is 5.10 Å². The summed E-state index contributed by atoms with van der Waals surface area (Å²) in [5.41, 5.74) is 6.22. The molecule has 1 aromatic heterocycles. The number of methoxy groups -OCH3 is 1. The van der Waals surface area contributed by atoms with Gasteiger partial charge in [0.05, 0.1) is 19.3 Å². The topological polar surface area (TPSA) is 76.5 Å². The number of carbonyl (C=O) groups is 2. The van der Waals surface area contributed by atoms with Gasteiger partial charge in [0.15, 0.2) is 0 Å². The van der Waals surface area contributed by atoms with E-state index in [0.29, 0.717) is 6.04 Å². The van der Waals surface area contributed by atoms with Crippen LogP contribution in [0.5, 0.6) is 5.75 Å². The van der Waals surface area contributed by atoms with Crippen molar-refractivity contribution in [1.82, 2.24) is 15.1 Å². The van der Waals surface area contributed by atoms with Crippen molar-refractivity contribution >= 4 is 17.5 Å². The number of carbonyl (C=O) groups excluding carboxylic acids is 2. The number of hydrogen-bond donors (Lipinski definition) is 1. The second kappa shape index (κ2) is 12.0. The van der Waals surface area contributed by atoms with Crippen molar-refractivity contribution in [3.8, 4) is 16.9 Å². The summed E-state index contributed by atoms with van der Waals surface area (Å²) in [6, 6.07) is 16.0. The van der Waals surface area contributed by atoms with Gasteiger partial charge in [-0.05, 0) is 130 Å². The van der Waals surface area contributed by atoms with Crippen LogP contribution in [0.2, 0.25) is 0 Å². The van der Waals surface area contributed by atoms with E-state index in [1.54, 1.807) is 7.11 Å². The third-order valence-electron chi connectivity index (χ3n) is 11.6. The summed E-state index contributed by atoms with van der Waals surface area (Å²) in [6.07, 6.45) is 16.6. The molecule has 0 spiro atoms. The van der Waals surface area contributed by atoms with Crippen LogP contribution in [0, 0.1) is 25.2 Å². The van der Waals surface area contributed by atoms with E-state index in [2.05, 4.69) is 82.5 Å². The van der Waals surface area contributed by atoms with E-state index >= 15 is 0 Å². The van der Waals surface area contributed by atoms with Gasteiger partial charge >= 0.3 is 0 Å². The molecule has 2 amide bonds. The zero-order valence-corrected chi connectivity index (χ0v) is 26.9. The Kier molecular flexibility index (Phi) is 7.99. The number of aromatic nitrogens is 2. The lowest BCUT2D eigenvalue weighted by molar-refractivity contribution is -0.124. The number of amides is 2. The normalized spacial score (nSPS) is 27.6. The third-order valence-corrected chi connectivity index (χ3v) is 11.6. The molecular formula is C38H47N4O3. The van der Waals surface area contributed by atoms with E-state index < -0.39 is 0 Å². The summed E-state index contributed by atoms with van der Waals surface area (Å²) in [5.74, 6) is 0.926. The molecule has 2 bridgehead atoms. The number of benzene rings is 2. The fourth-order valence-corrected chi connectivity index (χ4v) is 8.59. The Labute approximate surface area is 267 Å². The van der Waals surface area contributed by atoms with Crippen molar-refractivity contribution in [1.29, 1.82) is 0 Å². The maximum atomic E-state index is 14.5. The van der Waals surface area contributed by atoms with Gasteiger partial charge < -0.3 is 15.0 Å². The van der Waals surface area contributed by atoms with Crippen LogP contribution in [-0.2, 0) is 15.0 Å². The lowest BCUT2D eigenvalue weighted by Gasteiger charge is -2.55. The molecule has 0 aliphatic heterocycles. The highest BCUT2D eigenvalue weighted by Crippen LogP contribution is 2.58. The average Bonchev–Trinajstić information content (AvgIpc) is 3.80. The summed E-state index contributed by atoms with van der Waals surface area (Å²) in [7, 11) is 1.74. The second-order valence-electron chi connectivity index (χ2n) is 14.5. The Hall–Kier alpha value is -3.61. The van der Waals surface area contributed by atoms with E-state index in [1.807, 2.05) is 6.20 Å². The zero-order valence-electron chi connectivity index (χ0n) is 26.9. The van der Waals surface area contributed by atoms with Crippen LogP contribution in [0.25, 0.3) is 11.1 Å². The Morgan fingerprint density at radius 3 is 2.36 bits per heavy atom. The predicted octanol–water partition coefficient (Wildman–Crippen LogP) is 7.34. The van der Waals surface area contributed by atoms with Crippen LogP contribution in [0.1, 0.15) is 94.2 Å². The third kappa shape index (κ3) is 6.03. The molecule has 5 aliphatic carbocycles. The van der Waals surface area contributed by atoms with E-state index in [1.165, 1.54) is 24.0 Å². The van der Waals surface area contributed by atoms with Gasteiger partial charge in [-0.15, -0.1) is 0 Å². The summed E-state index contributed by atoms with van der Waals surface area (Å²) < 4.78 is 7.64. The van der Waals surface area contributed by atoms with Crippen molar-refractivity contribution in [3.63, 3.8) is 0 Å². The first kappa shape index (κ1) is 30.1. The molecule has 8 rings (SSSR count). The van der Waals surface area contributed by atoms with E-state index in [4.69, 9.17) is 4.74 Å². The quantitative estimate of drug-likeness (QED) is 0.276. The van der Waals surface area contributed by atoms with Crippen LogP contribution in [0.3, 0.4) is 0 Å². The molecule has 45 heavy (non-hydrogen) atoms. The molecule has 7 heteroatoms. The molecule has 5 fully saturated rings. The summed E-state index contributed by atoms with van der Waals surface area (Å²) in [6.45, 7) is 6.40. The first-order valence-electron chi connectivity index (χ1n) is 17.0. The van der Waals surface area contributed by atoms with Crippen LogP contribution in [0.4, 0.5) is 5.69 Å². The molecule has 237 valence electrons. The number of anilines is 1. The van der Waals surface area contributed by atoms with Crippen molar-refractivity contribution < 1.29 is 14.3 Å². The molecule has 0 atom stereocenters. The minimum Gasteiger partial charge on any atom is -0.496 e. The van der Waals surface area contributed by atoms with Gasteiger partial charge in [0.25, 0.3) is 0 Å². The highest BCUT2D eigenvalue weighted by molar-refractivity contribution is 5.96. The number of fused-ring (bicyclic) bond motifs is 3. The zero-order chi connectivity index (χ0) is 31.2. The van der Waals surface area contributed by atoms with E-state index in [-0.39, 0.29) is 34.6 Å². The van der Waals surface area contributed by atoms with Crippen molar-refractivity contribution in [2.75, 3.05) is 18.6 Å². The van der Waals surface area contributed by atoms with Gasteiger partial charge in [-0.3, -0.25) is 14.3 Å². The first-order chi connectivity index (χ1) is 21.8. The summed E-state index contributed by atoms with van der Waals surface area (Å²) in [5, 5.41) is 7.59. The van der Waals surface area contributed by atoms with E-state index in [9.17, 15) is 9.59 Å². The lowest BCUT2D eigenvalue weighted by atomic mass is 9.51. The maximum Gasteiger partial charge on any atom is 0.230 e. The van der Waals surface area contributed by atoms with Gasteiger partial charge in [-0.25, -0.2) is 0 Å². The second-order valence-corrected chi connectivity index (χ2v) is 14.5. The molecule has 1 N–H and O–H groups in total. The maximum absolute atomic E-state index is 14.5. The van der Waals surface area contributed by atoms with Gasteiger partial charge in [0.1, 0.15) is 5.75 Å². The summed E-state index contributed by atoms with van der Waals surface area (Å²) in [4.78, 5) is 28.2. The SMILES string of the molecule is [CH2]C(=O)NC1CCC(C(=O)N(CC23CCC(c4ccc(OC)c(C)c4)(CC2)CC3)c2cccc(-c3cnn(C4CC4)c3)c2)CC1. The Morgan fingerprint density at radius 2 is 1.71 bits per heavy atom. The largest absolute Gasteiger partial charge is 0.496 e. The lowest BCUT2D eigenvalue weighted by Crippen LogP contribution is -2.52. The molecule has 5 aliphatic rings. The molecule has 2 aromatic carbocycles. The molecule has 0 saturated heterocycles. The summed E-state index contributed by atoms with van der Waals surface area (Å²) >= 11 is 0. The Morgan fingerprint density at radius 1 is 0.978 bits per heavy atom. The van der Waals surface area contributed by atoms with Crippen LogP contribution in [-0.4, -0.2) is 41.3 Å². The average molecular weight is 608 g/mol. The Bertz CT molecular complexity index is 1540. The van der Waals surface area contributed by atoms with Gasteiger partial charge in [0.2, 0.25) is 11.8 Å². The minimum atomic E-state index is -0.234. The fourth-order valence-electron chi connectivity index (χ4n) is 8.59. The van der Waals surface area contributed by atoms with Gasteiger partial charge in [0, 0.05) is 42.9 Å². The number of hydrogen-bond acceptors (Lipinski definition) is 4. The van der Waals surface area contributed by atoms with Crippen LogP contribution in [0.15, 0.2) is 54.9 Å². The highest BCUT2D eigenvalue weighted by atomic mass is 16.5. The molecular weight excluding hydrogens is 560 g/mol. The standard InChI is InChI=1S/C38H47N4O3/c1-26-21-31(9-14-35(26)45-3)38-18-15-37(16-19-38,17-20-38)25-41(36(44)28-7-10-32(11-8-28)40-27(2)43)34-6-4-5-29(22-34)30-23-39-42(24-30)33-12-13-33/h4-6,9,14,21-24,28,32-33H,2,7-8,10-13,15-20,25H2,1,3H3,(H,40,43). The molecule has 1 heterocycles. The molecule has 7 nitrogen and oxygen atoms in total. The molecule has 5 saturated carbocycles. The van der Waals surface area contributed by atoms with E-state index in [0.717, 1.165) is 93.3 Å². The monoisotopic (exact) mass is 607 g/mol. The number of nitrogens with zero attached hydrogens (tertiary/aromatic N) is 3. The molecule has 1 radical (unpaired) electrons. The minimum absolute atomic E-state index is 0.0332. The Balaban J connectivity index is 1.13. The van der Waals surface area contributed by atoms with Crippen molar-refractivity contribution in [2.45, 2.75) is 101 Å². The molecule has 3 aromatic rings. The van der Waals surface area contributed by atoms with Crippen molar-refractivity contribution in [3.05, 3.63) is 72.9 Å². The molecule has 0 unspecified atom stereocenters. The number of nitrogens with one attached hydrogen (secondary N) is 1. The highest BCUT2D eigenvalue weighted by Gasteiger charge is 2.50. The predicted molar refractivity (Wildman–Crippen MR) is 177 cm³/mol. The van der Waals surface area contributed by atoms with Crippen LogP contribution < -0.4 is 15.0 Å². The smallest absolute Gasteiger partial charge is 0.230 e. The number of aryl methyl sites for hydroxylation is 1.